The maximum Gasteiger partial charge on any atom is 0.317 e. The van der Waals surface area contributed by atoms with Gasteiger partial charge < -0.3 is 10.2 Å². The lowest BCUT2D eigenvalue weighted by atomic mass is 10.2. The van der Waals surface area contributed by atoms with E-state index in [9.17, 15) is 13.2 Å². The molecule has 1 saturated heterocycles. The van der Waals surface area contributed by atoms with Crippen molar-refractivity contribution in [1.29, 1.82) is 0 Å². The first-order valence-corrected chi connectivity index (χ1v) is 6.85. The molecule has 6 heteroatoms. The Labute approximate surface area is 90.7 Å². The first-order valence-electron chi connectivity index (χ1n) is 4.96. The zero-order valence-electron chi connectivity index (χ0n) is 9.41. The Hall–Kier alpha value is -0.780. The van der Waals surface area contributed by atoms with Gasteiger partial charge in [-0.2, -0.15) is 0 Å². The van der Waals surface area contributed by atoms with Crippen LogP contribution in [0.1, 0.15) is 20.3 Å². The number of sulfone groups is 1. The second kappa shape index (κ2) is 4.00. The lowest BCUT2D eigenvalue weighted by Crippen LogP contribution is -2.53. The Balaban J connectivity index is 2.72. The first kappa shape index (κ1) is 12.3. The highest BCUT2D eigenvalue weighted by Crippen LogP contribution is 2.17. The van der Waals surface area contributed by atoms with Crippen LogP contribution in [0.3, 0.4) is 0 Å². The van der Waals surface area contributed by atoms with Gasteiger partial charge in [0, 0.05) is 25.9 Å². The molecule has 88 valence electrons. The van der Waals surface area contributed by atoms with Gasteiger partial charge in [-0.15, -0.1) is 0 Å². The minimum Gasteiger partial charge on any atom is -0.338 e. The fourth-order valence-corrected chi connectivity index (χ4v) is 1.80. The first-order chi connectivity index (χ1) is 6.74. The summed E-state index contributed by atoms with van der Waals surface area (Å²) in [5, 5.41) is 2.70. The van der Waals surface area contributed by atoms with Crippen LogP contribution in [0.25, 0.3) is 0 Å². The predicted octanol–water partition coefficient (Wildman–Crippen LogP) is 0.225. The molecule has 0 aromatic carbocycles. The molecule has 1 fully saturated rings. The third-order valence-corrected chi connectivity index (χ3v) is 4.88. The van der Waals surface area contributed by atoms with Crippen molar-refractivity contribution >= 4 is 15.9 Å². The van der Waals surface area contributed by atoms with Crippen LogP contribution in [0.2, 0.25) is 0 Å². The summed E-state index contributed by atoms with van der Waals surface area (Å²) in [6, 6.07) is -0.169. The largest absolute Gasteiger partial charge is 0.338 e. The van der Waals surface area contributed by atoms with Gasteiger partial charge in [-0.05, 0) is 20.3 Å². The number of carbonyl (C=O) groups is 1. The van der Waals surface area contributed by atoms with E-state index < -0.39 is 14.6 Å². The minimum absolute atomic E-state index is 0.169. The second-order valence-electron chi connectivity index (χ2n) is 4.54. The molecule has 0 radical (unpaired) electrons. The van der Waals surface area contributed by atoms with Crippen LogP contribution in [0.5, 0.6) is 0 Å². The summed E-state index contributed by atoms with van der Waals surface area (Å²) in [4.78, 5) is 13.0. The van der Waals surface area contributed by atoms with E-state index >= 15 is 0 Å². The minimum atomic E-state index is -3.15. The van der Waals surface area contributed by atoms with Crippen LogP contribution in [-0.2, 0) is 9.84 Å². The highest BCUT2D eigenvalue weighted by atomic mass is 32.2. The Morgan fingerprint density at radius 2 is 2.07 bits per heavy atom. The number of nitrogens with zero attached hydrogens (tertiary/aromatic N) is 1. The van der Waals surface area contributed by atoms with Crippen LogP contribution in [0.4, 0.5) is 4.79 Å². The Morgan fingerprint density at radius 3 is 2.53 bits per heavy atom. The zero-order valence-corrected chi connectivity index (χ0v) is 10.2. The third kappa shape index (κ3) is 2.84. The molecule has 0 aromatic rings. The van der Waals surface area contributed by atoms with Gasteiger partial charge >= 0.3 is 6.03 Å². The lowest BCUT2D eigenvalue weighted by Gasteiger charge is -2.33. The summed E-state index contributed by atoms with van der Waals surface area (Å²) in [6.45, 7) is 4.84. The van der Waals surface area contributed by atoms with Crippen molar-refractivity contribution in [2.75, 3.05) is 25.9 Å². The number of amides is 2. The van der Waals surface area contributed by atoms with Gasteiger partial charge in [0.1, 0.15) is 0 Å². The number of urea groups is 1. The quantitative estimate of drug-likeness (QED) is 0.760. The summed E-state index contributed by atoms with van der Waals surface area (Å²) >= 11 is 0. The molecule has 1 aliphatic heterocycles. The summed E-state index contributed by atoms with van der Waals surface area (Å²) in [7, 11) is -3.15. The van der Waals surface area contributed by atoms with Gasteiger partial charge in [0.05, 0.1) is 4.75 Å². The summed E-state index contributed by atoms with van der Waals surface area (Å²) < 4.78 is 22.1. The lowest BCUT2D eigenvalue weighted by molar-refractivity contribution is 0.181. The standard InChI is InChI=1S/C9H18N2O3S/c1-9(2,15(3,13)14)7-11-6-4-5-10-8(11)12/h4-7H2,1-3H3,(H,10,12). The molecule has 1 heterocycles. The van der Waals surface area contributed by atoms with E-state index in [2.05, 4.69) is 5.32 Å². The molecule has 0 aliphatic carbocycles. The molecule has 1 rings (SSSR count). The fourth-order valence-electron chi connectivity index (χ4n) is 1.41. The van der Waals surface area contributed by atoms with Crippen LogP contribution in [0.15, 0.2) is 0 Å². The molecule has 0 spiro atoms. The van der Waals surface area contributed by atoms with Crippen molar-refractivity contribution in [1.82, 2.24) is 10.2 Å². The van der Waals surface area contributed by atoms with Crippen LogP contribution < -0.4 is 5.32 Å². The van der Waals surface area contributed by atoms with Gasteiger partial charge in [-0.25, -0.2) is 13.2 Å². The summed E-state index contributed by atoms with van der Waals surface area (Å²) in [6.07, 6.45) is 2.07. The number of carbonyl (C=O) groups excluding carboxylic acids is 1. The summed E-state index contributed by atoms with van der Waals surface area (Å²) in [5.41, 5.74) is 0. The molecule has 1 N–H and O–H groups in total. The topological polar surface area (TPSA) is 66.5 Å². The molecule has 0 atom stereocenters. The molecule has 0 unspecified atom stereocenters. The van der Waals surface area contributed by atoms with E-state index in [0.717, 1.165) is 6.42 Å². The summed E-state index contributed by atoms with van der Waals surface area (Å²) in [5.74, 6) is 0. The van der Waals surface area contributed by atoms with Gasteiger partial charge in [0.2, 0.25) is 0 Å². The van der Waals surface area contributed by atoms with Crippen molar-refractivity contribution in [3.05, 3.63) is 0 Å². The van der Waals surface area contributed by atoms with Crippen molar-refractivity contribution in [2.24, 2.45) is 0 Å². The molecule has 0 aromatic heterocycles. The van der Waals surface area contributed by atoms with Gasteiger partial charge in [-0.1, -0.05) is 0 Å². The average molecular weight is 234 g/mol. The molecular formula is C9H18N2O3S. The maximum absolute atomic E-state index is 11.5. The SMILES string of the molecule is CC(C)(CN1CCCNC1=O)S(C)(=O)=O. The Kier molecular flexibility index (Phi) is 3.28. The van der Waals surface area contributed by atoms with Crippen molar-refractivity contribution in [3.8, 4) is 0 Å². The van der Waals surface area contributed by atoms with Gasteiger partial charge in [0.25, 0.3) is 0 Å². The number of rotatable bonds is 3. The molecule has 0 bridgehead atoms. The highest BCUT2D eigenvalue weighted by Gasteiger charge is 2.34. The highest BCUT2D eigenvalue weighted by molar-refractivity contribution is 7.92. The molecule has 15 heavy (non-hydrogen) atoms. The van der Waals surface area contributed by atoms with Crippen LogP contribution in [-0.4, -0.2) is 50.0 Å². The van der Waals surface area contributed by atoms with Crippen molar-refractivity contribution in [3.63, 3.8) is 0 Å². The zero-order chi connectivity index (χ0) is 11.7. The maximum atomic E-state index is 11.5. The third-order valence-electron chi connectivity index (χ3n) is 2.74. The van der Waals surface area contributed by atoms with E-state index in [1.54, 1.807) is 18.7 Å². The van der Waals surface area contributed by atoms with E-state index in [1.165, 1.54) is 6.26 Å². The Bertz CT molecular complexity index is 348. The van der Waals surface area contributed by atoms with Gasteiger partial charge in [0.15, 0.2) is 9.84 Å². The van der Waals surface area contributed by atoms with E-state index in [4.69, 9.17) is 0 Å². The van der Waals surface area contributed by atoms with E-state index in [0.29, 0.717) is 13.1 Å². The molecule has 2 amide bonds. The normalized spacial score (nSPS) is 18.9. The predicted molar refractivity (Wildman–Crippen MR) is 58.5 cm³/mol. The van der Waals surface area contributed by atoms with Crippen LogP contribution >= 0.6 is 0 Å². The van der Waals surface area contributed by atoms with E-state index in [-0.39, 0.29) is 12.6 Å². The fraction of sp³-hybridized carbons (Fsp3) is 0.889. The number of hydrogen-bond donors (Lipinski definition) is 1. The van der Waals surface area contributed by atoms with Crippen molar-refractivity contribution < 1.29 is 13.2 Å². The van der Waals surface area contributed by atoms with Gasteiger partial charge in [-0.3, -0.25) is 0 Å². The smallest absolute Gasteiger partial charge is 0.317 e. The number of nitrogens with one attached hydrogen (secondary N) is 1. The molecular weight excluding hydrogens is 216 g/mol. The van der Waals surface area contributed by atoms with E-state index in [1.807, 2.05) is 0 Å². The monoisotopic (exact) mass is 234 g/mol. The second-order valence-corrected chi connectivity index (χ2v) is 7.19. The molecule has 5 nitrogen and oxygen atoms in total. The van der Waals surface area contributed by atoms with Crippen molar-refractivity contribution in [2.45, 2.75) is 25.0 Å². The van der Waals surface area contributed by atoms with Crippen LogP contribution in [0, 0.1) is 0 Å². The molecule has 1 aliphatic rings. The Morgan fingerprint density at radius 1 is 1.47 bits per heavy atom. The number of hydrogen-bond acceptors (Lipinski definition) is 3. The molecule has 0 saturated carbocycles. The average Bonchev–Trinajstić information content (AvgIpc) is 2.06.